The second-order valence-corrected chi connectivity index (χ2v) is 8.07. The summed E-state index contributed by atoms with van der Waals surface area (Å²) < 4.78 is 3.71. The van der Waals surface area contributed by atoms with E-state index in [1.165, 1.54) is 11.8 Å². The van der Waals surface area contributed by atoms with Gasteiger partial charge in [0, 0.05) is 42.2 Å². The van der Waals surface area contributed by atoms with Gasteiger partial charge in [-0.3, -0.25) is 4.79 Å². The molecule has 0 saturated carbocycles. The summed E-state index contributed by atoms with van der Waals surface area (Å²) in [6, 6.07) is 9.57. The maximum Gasteiger partial charge on any atom is 0.253 e. The van der Waals surface area contributed by atoms with Crippen LogP contribution in [0.3, 0.4) is 0 Å². The van der Waals surface area contributed by atoms with E-state index in [1.807, 2.05) is 55.7 Å². The minimum atomic E-state index is -0.102. The molecule has 3 aromatic heterocycles. The summed E-state index contributed by atoms with van der Waals surface area (Å²) >= 11 is 1.49. The molecule has 160 valence electrons. The number of aryl methyl sites for hydroxylation is 3. The maximum atomic E-state index is 12.8. The topological polar surface area (TPSA) is 103 Å². The fraction of sp³-hybridized carbons (Fsp3) is 0.333. The molecule has 9 nitrogen and oxygen atoms in total. The van der Waals surface area contributed by atoms with Gasteiger partial charge in [0.05, 0.1) is 0 Å². The lowest BCUT2D eigenvalue weighted by atomic mass is 10.1. The number of fused-ring (bicyclic) bond motifs is 1. The first-order chi connectivity index (χ1) is 15.0. The molecule has 1 N–H and O–H groups in total. The molecule has 0 aliphatic rings. The number of aromatic nitrogens is 7. The van der Waals surface area contributed by atoms with Crippen molar-refractivity contribution in [1.29, 1.82) is 0 Å². The lowest BCUT2D eigenvalue weighted by molar-refractivity contribution is 0.0953. The minimum absolute atomic E-state index is 0.102. The van der Waals surface area contributed by atoms with Crippen molar-refractivity contribution in [2.24, 2.45) is 0 Å². The Balaban J connectivity index is 1.41. The van der Waals surface area contributed by atoms with E-state index in [2.05, 4.69) is 30.6 Å². The Labute approximate surface area is 184 Å². The van der Waals surface area contributed by atoms with Gasteiger partial charge in [-0.25, -0.2) is 9.50 Å². The second kappa shape index (κ2) is 9.25. The van der Waals surface area contributed by atoms with Gasteiger partial charge in [0.15, 0.2) is 0 Å². The van der Waals surface area contributed by atoms with Gasteiger partial charge < -0.3 is 9.88 Å². The largest absolute Gasteiger partial charge is 0.352 e. The van der Waals surface area contributed by atoms with Gasteiger partial charge >= 0.3 is 0 Å². The Kier molecular flexibility index (Phi) is 6.26. The van der Waals surface area contributed by atoms with Crippen LogP contribution in [0.5, 0.6) is 0 Å². The van der Waals surface area contributed by atoms with Crippen LogP contribution in [0.15, 0.2) is 41.8 Å². The first-order valence-electron chi connectivity index (χ1n) is 10.1. The first kappa shape index (κ1) is 21.0. The summed E-state index contributed by atoms with van der Waals surface area (Å²) in [5.41, 5.74) is 3.48. The predicted molar refractivity (Wildman–Crippen MR) is 118 cm³/mol. The van der Waals surface area contributed by atoms with Crippen LogP contribution in [0.1, 0.15) is 40.1 Å². The van der Waals surface area contributed by atoms with Crippen molar-refractivity contribution < 1.29 is 4.79 Å². The van der Waals surface area contributed by atoms with Crippen LogP contribution < -0.4 is 5.32 Å². The van der Waals surface area contributed by atoms with Crippen LogP contribution in [0.25, 0.3) is 5.78 Å². The van der Waals surface area contributed by atoms with Gasteiger partial charge in [-0.2, -0.15) is 4.98 Å². The molecular weight excluding hydrogens is 412 g/mol. The van der Waals surface area contributed by atoms with E-state index >= 15 is 0 Å². The quantitative estimate of drug-likeness (QED) is 0.424. The highest BCUT2D eigenvalue weighted by molar-refractivity contribution is 7.98. The molecule has 0 spiro atoms. The normalized spacial score (nSPS) is 11.2. The van der Waals surface area contributed by atoms with Gasteiger partial charge in [-0.15, -0.1) is 15.3 Å². The van der Waals surface area contributed by atoms with Crippen LogP contribution in [0.2, 0.25) is 0 Å². The third-order valence-corrected chi connectivity index (χ3v) is 5.77. The maximum absolute atomic E-state index is 12.8. The molecule has 0 bridgehead atoms. The molecule has 4 rings (SSSR count). The second-order valence-electron chi connectivity index (χ2n) is 7.13. The summed E-state index contributed by atoms with van der Waals surface area (Å²) in [5, 5.41) is 16.2. The Morgan fingerprint density at radius 3 is 2.87 bits per heavy atom. The summed E-state index contributed by atoms with van der Waals surface area (Å²) in [4.78, 5) is 21.7. The number of thioether (sulfide) groups is 1. The number of carbonyl (C=O) groups is 1. The molecule has 0 atom stereocenters. The van der Waals surface area contributed by atoms with Gasteiger partial charge in [-0.05, 0) is 38.5 Å². The van der Waals surface area contributed by atoms with Crippen molar-refractivity contribution in [1.82, 2.24) is 39.7 Å². The number of hydrogen-bond acceptors (Lipinski definition) is 7. The number of nitrogens with one attached hydrogen (secondary N) is 1. The fourth-order valence-electron chi connectivity index (χ4n) is 3.34. The van der Waals surface area contributed by atoms with E-state index in [9.17, 15) is 4.79 Å². The fourth-order valence-corrected chi connectivity index (χ4v) is 4.16. The number of nitrogens with zero attached hydrogens (tertiary/aromatic N) is 7. The molecule has 1 aromatic carbocycles. The average Bonchev–Trinajstić information content (AvgIpc) is 3.39. The van der Waals surface area contributed by atoms with Crippen molar-refractivity contribution in [2.45, 2.75) is 44.6 Å². The molecule has 10 heteroatoms. The third-order valence-electron chi connectivity index (χ3n) is 4.89. The van der Waals surface area contributed by atoms with Crippen molar-refractivity contribution in [3.05, 3.63) is 65.0 Å². The summed E-state index contributed by atoms with van der Waals surface area (Å²) in [6.07, 6.45) is 2.34. The van der Waals surface area contributed by atoms with E-state index in [0.717, 1.165) is 29.3 Å². The number of amides is 1. The Bertz CT molecular complexity index is 1220. The highest BCUT2D eigenvalue weighted by Gasteiger charge is 2.14. The van der Waals surface area contributed by atoms with Crippen LogP contribution in [-0.4, -0.2) is 46.8 Å². The number of benzene rings is 1. The lowest BCUT2D eigenvalue weighted by Crippen LogP contribution is -2.27. The molecule has 4 aromatic rings. The number of hydrogen-bond donors (Lipinski definition) is 1. The Hall–Kier alpha value is -3.27. The third kappa shape index (κ3) is 4.74. The van der Waals surface area contributed by atoms with E-state index in [4.69, 9.17) is 0 Å². The van der Waals surface area contributed by atoms with E-state index in [-0.39, 0.29) is 5.91 Å². The van der Waals surface area contributed by atoms with Gasteiger partial charge in [0.2, 0.25) is 5.16 Å². The summed E-state index contributed by atoms with van der Waals surface area (Å²) in [5.74, 6) is 1.94. The average molecular weight is 437 g/mol. The molecule has 0 radical (unpaired) electrons. The molecule has 3 heterocycles. The highest BCUT2D eigenvalue weighted by atomic mass is 32.2. The molecule has 0 unspecified atom stereocenters. The molecular formula is C21H24N8OS. The van der Waals surface area contributed by atoms with Crippen molar-refractivity contribution in [3.8, 4) is 0 Å². The van der Waals surface area contributed by atoms with Crippen molar-refractivity contribution in [2.75, 3.05) is 6.54 Å². The molecule has 0 fully saturated rings. The lowest BCUT2D eigenvalue weighted by Gasteiger charge is -2.09. The standard InChI is InChI=1S/C21H24N8OS/c1-4-28-13-23-26-18(28)9-10-22-19(30)17-8-6-5-7-16(17)12-31-21-25-20-24-14(2)11-15(3)29(20)27-21/h5-8,11,13H,4,9-10,12H2,1-3H3,(H,22,30). The van der Waals surface area contributed by atoms with E-state index in [0.29, 0.717) is 35.2 Å². The van der Waals surface area contributed by atoms with Crippen LogP contribution in [-0.2, 0) is 18.7 Å². The smallest absolute Gasteiger partial charge is 0.253 e. The van der Waals surface area contributed by atoms with E-state index < -0.39 is 0 Å². The van der Waals surface area contributed by atoms with Crippen LogP contribution in [0, 0.1) is 13.8 Å². The minimum Gasteiger partial charge on any atom is -0.352 e. The zero-order valence-corrected chi connectivity index (χ0v) is 18.6. The molecule has 0 aliphatic heterocycles. The van der Waals surface area contributed by atoms with Gasteiger partial charge in [0.1, 0.15) is 12.2 Å². The molecule has 0 aliphatic carbocycles. The highest BCUT2D eigenvalue weighted by Crippen LogP contribution is 2.22. The Morgan fingerprint density at radius 2 is 2.03 bits per heavy atom. The zero-order chi connectivity index (χ0) is 21.8. The number of carbonyl (C=O) groups excluding carboxylic acids is 1. The summed E-state index contributed by atoms with van der Waals surface area (Å²) in [7, 11) is 0. The van der Waals surface area contributed by atoms with Crippen LogP contribution in [0.4, 0.5) is 0 Å². The molecule has 31 heavy (non-hydrogen) atoms. The zero-order valence-electron chi connectivity index (χ0n) is 17.7. The molecule has 0 saturated heterocycles. The summed E-state index contributed by atoms with van der Waals surface area (Å²) in [6.45, 7) is 7.26. The van der Waals surface area contributed by atoms with Crippen LogP contribution >= 0.6 is 11.8 Å². The van der Waals surface area contributed by atoms with E-state index in [1.54, 1.807) is 10.8 Å². The van der Waals surface area contributed by atoms with Crippen molar-refractivity contribution >= 4 is 23.4 Å². The predicted octanol–water partition coefficient (Wildman–Crippen LogP) is 2.62. The number of rotatable bonds is 8. The Morgan fingerprint density at radius 1 is 1.19 bits per heavy atom. The SMILES string of the molecule is CCn1cnnc1CCNC(=O)c1ccccc1CSc1nc2nc(C)cc(C)n2n1. The first-order valence-corrected chi connectivity index (χ1v) is 11.1. The molecule has 1 amide bonds. The van der Waals surface area contributed by atoms with Gasteiger partial charge in [0.25, 0.3) is 11.7 Å². The monoisotopic (exact) mass is 436 g/mol. The van der Waals surface area contributed by atoms with Gasteiger partial charge in [-0.1, -0.05) is 30.0 Å². The van der Waals surface area contributed by atoms with Crippen molar-refractivity contribution in [3.63, 3.8) is 0 Å².